The van der Waals surface area contributed by atoms with Crippen LogP contribution in [0.4, 0.5) is 4.39 Å². The number of nitrogens with two attached hydrogens (primary N) is 1. The van der Waals surface area contributed by atoms with Gasteiger partial charge in [-0.1, -0.05) is 6.07 Å². The fraction of sp³-hybridized carbons (Fsp3) is 0.500. The van der Waals surface area contributed by atoms with Crippen LogP contribution in [0.15, 0.2) is 18.2 Å². The van der Waals surface area contributed by atoms with Crippen LogP contribution in [0.25, 0.3) is 0 Å². The SMILES string of the molecule is N[C@@H](c1ccc(O)cc1F)C1CCOCC1. The van der Waals surface area contributed by atoms with E-state index in [4.69, 9.17) is 15.6 Å². The number of halogens is 1. The third kappa shape index (κ3) is 2.33. The smallest absolute Gasteiger partial charge is 0.131 e. The minimum Gasteiger partial charge on any atom is -0.508 e. The number of hydrogen-bond acceptors (Lipinski definition) is 3. The summed E-state index contributed by atoms with van der Waals surface area (Å²) >= 11 is 0. The fourth-order valence-electron chi connectivity index (χ4n) is 2.12. The van der Waals surface area contributed by atoms with E-state index in [0.717, 1.165) is 18.9 Å². The number of ether oxygens (including phenoxy) is 1. The number of rotatable bonds is 2. The molecule has 16 heavy (non-hydrogen) atoms. The Labute approximate surface area is 94.0 Å². The molecule has 0 aliphatic carbocycles. The zero-order chi connectivity index (χ0) is 11.5. The summed E-state index contributed by atoms with van der Waals surface area (Å²) < 4.78 is 18.8. The van der Waals surface area contributed by atoms with Gasteiger partial charge in [0.1, 0.15) is 11.6 Å². The summed E-state index contributed by atoms with van der Waals surface area (Å²) in [5, 5.41) is 9.13. The highest BCUT2D eigenvalue weighted by atomic mass is 19.1. The van der Waals surface area contributed by atoms with Gasteiger partial charge >= 0.3 is 0 Å². The lowest BCUT2D eigenvalue weighted by atomic mass is 9.87. The van der Waals surface area contributed by atoms with E-state index in [1.165, 1.54) is 6.07 Å². The predicted molar refractivity (Wildman–Crippen MR) is 58.5 cm³/mol. The van der Waals surface area contributed by atoms with Crippen molar-refractivity contribution in [3.05, 3.63) is 29.6 Å². The number of hydrogen-bond donors (Lipinski definition) is 2. The van der Waals surface area contributed by atoms with Gasteiger partial charge in [-0.25, -0.2) is 4.39 Å². The molecule has 1 saturated heterocycles. The first kappa shape index (κ1) is 11.4. The third-order valence-electron chi connectivity index (χ3n) is 3.12. The number of phenolic OH excluding ortho intramolecular Hbond substituents is 1. The normalized spacial score (nSPS) is 19.6. The van der Waals surface area contributed by atoms with Crippen LogP contribution in [0.3, 0.4) is 0 Å². The summed E-state index contributed by atoms with van der Waals surface area (Å²) in [4.78, 5) is 0. The maximum atomic E-state index is 13.6. The average Bonchev–Trinajstić information content (AvgIpc) is 2.29. The Morgan fingerprint density at radius 2 is 2.06 bits per heavy atom. The van der Waals surface area contributed by atoms with E-state index in [0.29, 0.717) is 18.8 Å². The van der Waals surface area contributed by atoms with Gasteiger partial charge < -0.3 is 15.6 Å². The molecule has 0 amide bonds. The Bertz CT molecular complexity index is 364. The minimum absolute atomic E-state index is 0.0690. The highest BCUT2D eigenvalue weighted by Gasteiger charge is 2.24. The highest BCUT2D eigenvalue weighted by molar-refractivity contribution is 5.30. The van der Waals surface area contributed by atoms with Gasteiger partial charge in [-0.05, 0) is 24.8 Å². The molecule has 0 bridgehead atoms. The second kappa shape index (κ2) is 4.80. The van der Waals surface area contributed by atoms with E-state index in [1.807, 2.05) is 0 Å². The van der Waals surface area contributed by atoms with E-state index >= 15 is 0 Å². The number of phenols is 1. The zero-order valence-electron chi connectivity index (χ0n) is 9.03. The van der Waals surface area contributed by atoms with Crippen molar-refractivity contribution in [2.75, 3.05) is 13.2 Å². The average molecular weight is 225 g/mol. The highest BCUT2D eigenvalue weighted by Crippen LogP contribution is 2.30. The first-order valence-corrected chi connectivity index (χ1v) is 5.50. The van der Waals surface area contributed by atoms with Crippen molar-refractivity contribution in [2.45, 2.75) is 18.9 Å². The Hall–Kier alpha value is -1.13. The van der Waals surface area contributed by atoms with Crippen LogP contribution in [0.2, 0.25) is 0 Å². The summed E-state index contributed by atoms with van der Waals surface area (Å²) in [6.45, 7) is 1.39. The molecule has 3 nitrogen and oxygen atoms in total. The Morgan fingerprint density at radius 1 is 1.38 bits per heavy atom. The minimum atomic E-state index is -0.431. The molecule has 0 spiro atoms. The molecule has 1 aliphatic rings. The molecule has 1 aliphatic heterocycles. The van der Waals surface area contributed by atoms with Gasteiger partial charge in [0.15, 0.2) is 0 Å². The summed E-state index contributed by atoms with van der Waals surface area (Å²) in [6.07, 6.45) is 1.73. The van der Waals surface area contributed by atoms with Gasteiger partial charge in [0.05, 0.1) is 0 Å². The molecule has 0 aromatic heterocycles. The molecule has 1 atom stereocenters. The molecule has 0 saturated carbocycles. The summed E-state index contributed by atoms with van der Waals surface area (Å²) in [5.74, 6) is -0.243. The third-order valence-corrected chi connectivity index (χ3v) is 3.12. The molecule has 1 heterocycles. The first-order valence-electron chi connectivity index (χ1n) is 5.50. The lowest BCUT2D eigenvalue weighted by Crippen LogP contribution is -2.28. The molecule has 4 heteroatoms. The van der Waals surface area contributed by atoms with Gasteiger partial charge in [-0.3, -0.25) is 0 Å². The molecule has 1 aromatic carbocycles. The quantitative estimate of drug-likeness (QED) is 0.809. The van der Waals surface area contributed by atoms with Crippen molar-refractivity contribution in [2.24, 2.45) is 11.7 Å². The molecular formula is C12H16FNO2. The van der Waals surface area contributed by atoms with Crippen LogP contribution in [0.5, 0.6) is 5.75 Å². The van der Waals surface area contributed by atoms with Crippen molar-refractivity contribution in [3.8, 4) is 5.75 Å². The van der Waals surface area contributed by atoms with E-state index in [-0.39, 0.29) is 17.7 Å². The molecule has 1 aromatic rings. The standard InChI is InChI=1S/C12H16FNO2/c13-11-7-9(15)1-2-10(11)12(14)8-3-5-16-6-4-8/h1-2,7-8,12,15H,3-6,14H2/t12-/m1/s1. The maximum absolute atomic E-state index is 13.6. The van der Waals surface area contributed by atoms with Crippen LogP contribution in [-0.2, 0) is 4.74 Å². The lowest BCUT2D eigenvalue weighted by Gasteiger charge is -2.28. The van der Waals surface area contributed by atoms with Crippen LogP contribution in [0.1, 0.15) is 24.4 Å². The topological polar surface area (TPSA) is 55.5 Å². The maximum Gasteiger partial charge on any atom is 0.131 e. The number of benzene rings is 1. The van der Waals surface area contributed by atoms with E-state index in [1.54, 1.807) is 6.07 Å². The second-order valence-corrected chi connectivity index (χ2v) is 4.18. The largest absolute Gasteiger partial charge is 0.508 e. The molecule has 2 rings (SSSR count). The van der Waals surface area contributed by atoms with Gasteiger partial charge in [-0.15, -0.1) is 0 Å². The Morgan fingerprint density at radius 3 is 2.69 bits per heavy atom. The van der Waals surface area contributed by atoms with Crippen LogP contribution in [0, 0.1) is 11.7 Å². The van der Waals surface area contributed by atoms with Crippen molar-refractivity contribution < 1.29 is 14.2 Å². The summed E-state index contributed by atoms with van der Waals surface area (Å²) in [7, 11) is 0. The van der Waals surface area contributed by atoms with Gasteiger partial charge in [0.25, 0.3) is 0 Å². The second-order valence-electron chi connectivity index (χ2n) is 4.18. The molecule has 0 unspecified atom stereocenters. The summed E-state index contributed by atoms with van der Waals surface area (Å²) in [5.41, 5.74) is 6.52. The van der Waals surface area contributed by atoms with E-state index in [2.05, 4.69) is 0 Å². The van der Waals surface area contributed by atoms with Crippen LogP contribution >= 0.6 is 0 Å². The molecule has 88 valence electrons. The molecule has 0 radical (unpaired) electrons. The molecule has 3 N–H and O–H groups in total. The van der Waals surface area contributed by atoms with Gasteiger partial charge in [-0.2, -0.15) is 0 Å². The predicted octanol–water partition coefficient (Wildman–Crippen LogP) is 1.96. The number of aromatic hydroxyl groups is 1. The van der Waals surface area contributed by atoms with E-state index < -0.39 is 5.82 Å². The van der Waals surface area contributed by atoms with Crippen molar-refractivity contribution in [3.63, 3.8) is 0 Å². The monoisotopic (exact) mass is 225 g/mol. The van der Waals surface area contributed by atoms with Gasteiger partial charge in [0, 0.05) is 30.9 Å². The Kier molecular flexibility index (Phi) is 3.41. The zero-order valence-corrected chi connectivity index (χ0v) is 9.03. The summed E-state index contributed by atoms with van der Waals surface area (Å²) in [6, 6.07) is 3.82. The molecular weight excluding hydrogens is 209 g/mol. The van der Waals surface area contributed by atoms with Crippen molar-refractivity contribution in [1.82, 2.24) is 0 Å². The van der Waals surface area contributed by atoms with E-state index in [9.17, 15) is 4.39 Å². The first-order chi connectivity index (χ1) is 7.68. The molecule has 1 fully saturated rings. The Balaban J connectivity index is 2.15. The lowest BCUT2D eigenvalue weighted by molar-refractivity contribution is 0.0580. The van der Waals surface area contributed by atoms with Crippen molar-refractivity contribution in [1.29, 1.82) is 0 Å². The fourth-order valence-corrected chi connectivity index (χ4v) is 2.12. The van der Waals surface area contributed by atoms with Crippen molar-refractivity contribution >= 4 is 0 Å². The van der Waals surface area contributed by atoms with Gasteiger partial charge in [0.2, 0.25) is 0 Å². The van der Waals surface area contributed by atoms with Crippen LogP contribution in [-0.4, -0.2) is 18.3 Å². The van der Waals surface area contributed by atoms with Crippen LogP contribution < -0.4 is 5.73 Å².